The summed E-state index contributed by atoms with van der Waals surface area (Å²) in [5.41, 5.74) is 0.740. The number of hydrogen-bond donors (Lipinski definition) is 2. The van der Waals surface area contributed by atoms with Crippen LogP contribution in [0.15, 0.2) is 28.2 Å². The lowest BCUT2D eigenvalue weighted by Gasteiger charge is -2.04. The number of aromatic nitrogens is 1. The predicted octanol–water partition coefficient (Wildman–Crippen LogP) is 2.44. The van der Waals surface area contributed by atoms with Crippen molar-refractivity contribution in [2.45, 2.75) is 19.4 Å². The second-order valence-corrected chi connectivity index (χ2v) is 5.92. The van der Waals surface area contributed by atoms with Crippen LogP contribution < -0.4 is 10.6 Å². The van der Waals surface area contributed by atoms with Crippen molar-refractivity contribution in [2.75, 3.05) is 13.1 Å². The Balaban J connectivity index is 0.00000161. The van der Waals surface area contributed by atoms with Crippen LogP contribution in [0.5, 0.6) is 0 Å². The summed E-state index contributed by atoms with van der Waals surface area (Å²) >= 11 is 1.58. The van der Waals surface area contributed by atoms with Crippen LogP contribution in [0.1, 0.15) is 18.5 Å². The maximum Gasteiger partial charge on any atom is 0.236 e. The van der Waals surface area contributed by atoms with Crippen molar-refractivity contribution in [3.8, 4) is 10.8 Å². The zero-order chi connectivity index (χ0) is 13.8. The van der Waals surface area contributed by atoms with Crippen LogP contribution in [0.4, 0.5) is 0 Å². The SMILES string of the molecule is Cl.O=C(CNCC1CC1)NCc1coc(-c2cccs2)n1. The normalized spacial score (nSPS) is 13.7. The van der Waals surface area contributed by atoms with Crippen LogP contribution in [-0.2, 0) is 11.3 Å². The van der Waals surface area contributed by atoms with E-state index in [0.717, 1.165) is 23.0 Å². The summed E-state index contributed by atoms with van der Waals surface area (Å²) < 4.78 is 5.39. The highest BCUT2D eigenvalue weighted by Crippen LogP contribution is 2.27. The Labute approximate surface area is 133 Å². The number of nitrogens with one attached hydrogen (secondary N) is 2. The van der Waals surface area contributed by atoms with E-state index >= 15 is 0 Å². The topological polar surface area (TPSA) is 67.2 Å². The van der Waals surface area contributed by atoms with Crippen molar-refractivity contribution < 1.29 is 9.21 Å². The van der Waals surface area contributed by atoms with Gasteiger partial charge in [0.15, 0.2) is 0 Å². The third-order valence-electron chi connectivity index (χ3n) is 3.17. The Morgan fingerprint density at radius 2 is 2.33 bits per heavy atom. The quantitative estimate of drug-likeness (QED) is 0.819. The van der Waals surface area contributed by atoms with Crippen LogP contribution in [0, 0.1) is 5.92 Å². The molecule has 5 nitrogen and oxygen atoms in total. The minimum Gasteiger partial charge on any atom is -0.443 e. The van der Waals surface area contributed by atoms with Crippen LogP contribution in [0.3, 0.4) is 0 Å². The van der Waals surface area contributed by atoms with Gasteiger partial charge in [0.2, 0.25) is 11.8 Å². The number of nitrogens with zero attached hydrogens (tertiary/aromatic N) is 1. The summed E-state index contributed by atoms with van der Waals surface area (Å²) in [5, 5.41) is 7.97. The van der Waals surface area contributed by atoms with E-state index in [4.69, 9.17) is 4.42 Å². The molecule has 1 amide bonds. The van der Waals surface area contributed by atoms with Crippen LogP contribution in [0.25, 0.3) is 10.8 Å². The Morgan fingerprint density at radius 1 is 1.48 bits per heavy atom. The average molecular weight is 328 g/mol. The number of carbonyl (C=O) groups excluding carboxylic acids is 1. The molecule has 0 spiro atoms. The van der Waals surface area contributed by atoms with Crippen molar-refractivity contribution >= 4 is 29.7 Å². The minimum atomic E-state index is -0.00803. The van der Waals surface area contributed by atoms with Gasteiger partial charge in [-0.2, -0.15) is 0 Å². The number of oxazole rings is 1. The molecule has 0 aromatic carbocycles. The van der Waals surface area contributed by atoms with Crippen molar-refractivity contribution in [3.63, 3.8) is 0 Å². The Kier molecular flexibility index (Phi) is 5.78. The Hall–Kier alpha value is -1.37. The molecule has 1 saturated carbocycles. The lowest BCUT2D eigenvalue weighted by molar-refractivity contribution is -0.120. The molecule has 2 heterocycles. The summed E-state index contributed by atoms with van der Waals surface area (Å²) in [6.45, 7) is 1.71. The third kappa shape index (κ3) is 4.84. The molecule has 0 saturated heterocycles. The van der Waals surface area contributed by atoms with Gasteiger partial charge in [0, 0.05) is 0 Å². The minimum absolute atomic E-state index is 0. The lowest BCUT2D eigenvalue weighted by Crippen LogP contribution is -2.34. The molecule has 0 atom stereocenters. The fraction of sp³-hybridized carbons (Fsp3) is 0.429. The zero-order valence-electron chi connectivity index (χ0n) is 11.5. The molecular formula is C14H18ClN3O2S. The maximum atomic E-state index is 11.6. The molecule has 7 heteroatoms. The van der Waals surface area contributed by atoms with E-state index in [2.05, 4.69) is 15.6 Å². The van der Waals surface area contributed by atoms with Gasteiger partial charge >= 0.3 is 0 Å². The molecule has 114 valence electrons. The second kappa shape index (κ2) is 7.59. The summed E-state index contributed by atoms with van der Waals surface area (Å²) in [5.74, 6) is 1.38. The monoisotopic (exact) mass is 327 g/mol. The van der Waals surface area contributed by atoms with Gasteiger partial charge in [-0.3, -0.25) is 4.79 Å². The van der Waals surface area contributed by atoms with E-state index in [1.807, 2.05) is 17.5 Å². The maximum absolute atomic E-state index is 11.6. The van der Waals surface area contributed by atoms with E-state index in [0.29, 0.717) is 19.0 Å². The zero-order valence-corrected chi connectivity index (χ0v) is 13.1. The molecule has 1 aliphatic carbocycles. The van der Waals surface area contributed by atoms with Gasteiger partial charge in [-0.05, 0) is 36.8 Å². The first-order valence-corrected chi connectivity index (χ1v) is 7.65. The predicted molar refractivity (Wildman–Crippen MR) is 84.5 cm³/mol. The smallest absolute Gasteiger partial charge is 0.236 e. The second-order valence-electron chi connectivity index (χ2n) is 4.97. The van der Waals surface area contributed by atoms with Crippen molar-refractivity contribution in [3.05, 3.63) is 29.5 Å². The van der Waals surface area contributed by atoms with Gasteiger partial charge < -0.3 is 15.1 Å². The molecule has 0 bridgehead atoms. The number of thiophene rings is 1. The molecular weight excluding hydrogens is 310 g/mol. The van der Waals surface area contributed by atoms with E-state index in [1.54, 1.807) is 17.6 Å². The molecule has 21 heavy (non-hydrogen) atoms. The van der Waals surface area contributed by atoms with Gasteiger partial charge in [-0.15, -0.1) is 23.7 Å². The first-order valence-electron chi connectivity index (χ1n) is 6.77. The van der Waals surface area contributed by atoms with Gasteiger partial charge in [-0.1, -0.05) is 6.07 Å². The molecule has 2 N–H and O–H groups in total. The van der Waals surface area contributed by atoms with Crippen LogP contribution >= 0.6 is 23.7 Å². The number of halogens is 1. The van der Waals surface area contributed by atoms with Crippen molar-refractivity contribution in [2.24, 2.45) is 5.92 Å². The average Bonchev–Trinajstić information content (AvgIpc) is 2.96. The molecule has 3 rings (SSSR count). The van der Waals surface area contributed by atoms with E-state index in [9.17, 15) is 4.79 Å². The molecule has 2 aromatic rings. The standard InChI is InChI=1S/C14H17N3O2S.ClH/c18-13(8-15-6-10-3-4-10)16-7-11-9-19-14(17-11)12-2-1-5-20-12;/h1-2,5,9-10,15H,3-4,6-8H2,(H,16,18);1H. The summed E-state index contributed by atoms with van der Waals surface area (Å²) in [6, 6.07) is 3.91. The highest BCUT2D eigenvalue weighted by molar-refractivity contribution is 7.13. The first kappa shape index (κ1) is 16.0. The molecule has 1 fully saturated rings. The van der Waals surface area contributed by atoms with Gasteiger partial charge in [-0.25, -0.2) is 4.98 Å². The molecule has 0 radical (unpaired) electrons. The number of amides is 1. The summed E-state index contributed by atoms with van der Waals surface area (Å²) in [4.78, 5) is 17.0. The van der Waals surface area contributed by atoms with E-state index in [1.165, 1.54) is 12.8 Å². The van der Waals surface area contributed by atoms with Crippen molar-refractivity contribution in [1.29, 1.82) is 0 Å². The van der Waals surface area contributed by atoms with Crippen LogP contribution in [0.2, 0.25) is 0 Å². The molecule has 0 aliphatic heterocycles. The van der Waals surface area contributed by atoms with Crippen LogP contribution in [-0.4, -0.2) is 24.0 Å². The number of carbonyl (C=O) groups is 1. The molecule has 0 unspecified atom stereocenters. The molecule has 2 aromatic heterocycles. The number of hydrogen-bond acceptors (Lipinski definition) is 5. The van der Waals surface area contributed by atoms with E-state index in [-0.39, 0.29) is 18.3 Å². The molecule has 1 aliphatic rings. The number of rotatable bonds is 7. The fourth-order valence-corrected chi connectivity index (χ4v) is 2.52. The first-order chi connectivity index (χ1) is 9.81. The highest BCUT2D eigenvalue weighted by atomic mass is 35.5. The fourth-order valence-electron chi connectivity index (χ4n) is 1.87. The Bertz CT molecular complexity index is 567. The van der Waals surface area contributed by atoms with Crippen molar-refractivity contribution in [1.82, 2.24) is 15.6 Å². The summed E-state index contributed by atoms with van der Waals surface area (Å²) in [6.07, 6.45) is 4.17. The van der Waals surface area contributed by atoms with E-state index < -0.39 is 0 Å². The largest absolute Gasteiger partial charge is 0.443 e. The summed E-state index contributed by atoms with van der Waals surface area (Å²) in [7, 11) is 0. The third-order valence-corrected chi connectivity index (χ3v) is 4.02. The highest BCUT2D eigenvalue weighted by Gasteiger charge is 2.20. The van der Waals surface area contributed by atoms with Gasteiger partial charge in [0.05, 0.1) is 23.7 Å². The van der Waals surface area contributed by atoms with Gasteiger partial charge in [0.25, 0.3) is 0 Å². The lowest BCUT2D eigenvalue weighted by atomic mass is 10.4. The Morgan fingerprint density at radius 3 is 3.05 bits per heavy atom. The van der Waals surface area contributed by atoms with Gasteiger partial charge in [0.1, 0.15) is 6.26 Å².